The minimum absolute atomic E-state index is 0.0428. The third-order valence-electron chi connectivity index (χ3n) is 2.56. The predicted octanol–water partition coefficient (Wildman–Crippen LogP) is 1.25. The van der Waals surface area contributed by atoms with Crippen LogP contribution in [-0.4, -0.2) is 11.0 Å². The number of amides is 1. The lowest BCUT2D eigenvalue weighted by Gasteiger charge is -2.08. The van der Waals surface area contributed by atoms with Crippen LogP contribution in [0.3, 0.4) is 0 Å². The molecule has 2 rings (SSSR count). The molecule has 5 heteroatoms. The van der Waals surface area contributed by atoms with Gasteiger partial charge in [0.2, 0.25) is 5.91 Å². The number of hydrogen-bond acceptors (Lipinski definition) is 2. The fourth-order valence-corrected chi connectivity index (χ4v) is 1.85. The van der Waals surface area contributed by atoms with Gasteiger partial charge in [0.05, 0.1) is 6.42 Å². The van der Waals surface area contributed by atoms with Crippen molar-refractivity contribution in [1.29, 1.82) is 0 Å². The first-order chi connectivity index (χ1) is 8.66. The van der Waals surface area contributed by atoms with Crippen LogP contribution < -0.4 is 16.6 Å². The number of nitrogens with one attached hydrogen (secondary N) is 2. The molecule has 0 fully saturated rings. The van der Waals surface area contributed by atoms with Crippen molar-refractivity contribution in [3.63, 3.8) is 0 Å². The zero-order chi connectivity index (χ0) is 13.0. The number of hydrogen-bond donors (Lipinski definition) is 3. The standard InChI is InChI=1S/C13H13N3OS/c14-13(18)16-15-12(17)8-10-6-3-5-9-4-1-2-7-11(9)10/h1-7H,8H2,(H,15,17)(H3,14,16,18). The van der Waals surface area contributed by atoms with Gasteiger partial charge in [-0.05, 0) is 28.6 Å². The van der Waals surface area contributed by atoms with Crippen molar-refractivity contribution in [2.24, 2.45) is 5.73 Å². The summed E-state index contributed by atoms with van der Waals surface area (Å²) in [6.45, 7) is 0. The van der Waals surface area contributed by atoms with Crippen molar-refractivity contribution >= 4 is 34.0 Å². The molecule has 0 spiro atoms. The van der Waals surface area contributed by atoms with E-state index in [1.54, 1.807) is 0 Å². The summed E-state index contributed by atoms with van der Waals surface area (Å²) in [6.07, 6.45) is 0.275. The van der Waals surface area contributed by atoms with Gasteiger partial charge in [-0.15, -0.1) is 0 Å². The highest BCUT2D eigenvalue weighted by Crippen LogP contribution is 2.18. The number of fused-ring (bicyclic) bond motifs is 1. The molecular weight excluding hydrogens is 246 g/mol. The first kappa shape index (κ1) is 12.3. The van der Waals surface area contributed by atoms with Crippen molar-refractivity contribution in [3.05, 3.63) is 48.0 Å². The van der Waals surface area contributed by atoms with Gasteiger partial charge < -0.3 is 5.73 Å². The summed E-state index contributed by atoms with van der Waals surface area (Å²) in [7, 11) is 0. The fourth-order valence-electron chi connectivity index (χ4n) is 1.80. The number of nitrogens with two attached hydrogens (primary N) is 1. The van der Waals surface area contributed by atoms with Gasteiger partial charge in [-0.3, -0.25) is 15.6 Å². The average molecular weight is 259 g/mol. The van der Waals surface area contributed by atoms with Gasteiger partial charge in [-0.2, -0.15) is 0 Å². The SMILES string of the molecule is NC(=S)NNC(=O)Cc1cccc2ccccc12. The van der Waals surface area contributed by atoms with Crippen molar-refractivity contribution in [1.82, 2.24) is 10.9 Å². The van der Waals surface area contributed by atoms with E-state index in [9.17, 15) is 4.79 Å². The summed E-state index contributed by atoms with van der Waals surface area (Å²) >= 11 is 4.61. The van der Waals surface area contributed by atoms with E-state index in [4.69, 9.17) is 5.73 Å². The molecule has 2 aromatic carbocycles. The van der Waals surface area contributed by atoms with E-state index in [0.717, 1.165) is 16.3 Å². The molecule has 0 aliphatic heterocycles. The van der Waals surface area contributed by atoms with E-state index >= 15 is 0 Å². The van der Waals surface area contributed by atoms with Crippen LogP contribution >= 0.6 is 12.2 Å². The van der Waals surface area contributed by atoms with Gasteiger partial charge >= 0.3 is 0 Å². The summed E-state index contributed by atoms with van der Waals surface area (Å²) in [5, 5.41) is 2.23. The van der Waals surface area contributed by atoms with E-state index in [1.807, 2.05) is 42.5 Å². The Hall–Kier alpha value is -2.14. The van der Waals surface area contributed by atoms with Crippen molar-refractivity contribution in [3.8, 4) is 0 Å². The molecular formula is C13H13N3OS. The zero-order valence-electron chi connectivity index (χ0n) is 9.64. The van der Waals surface area contributed by atoms with Crippen LogP contribution in [0.4, 0.5) is 0 Å². The number of carbonyl (C=O) groups is 1. The van der Waals surface area contributed by atoms with Crippen LogP contribution in [0.25, 0.3) is 10.8 Å². The second kappa shape index (κ2) is 5.46. The number of carbonyl (C=O) groups excluding carboxylic acids is 1. The van der Waals surface area contributed by atoms with Crippen molar-refractivity contribution in [2.75, 3.05) is 0 Å². The van der Waals surface area contributed by atoms with Gasteiger partial charge in [0.1, 0.15) is 0 Å². The first-order valence-electron chi connectivity index (χ1n) is 5.48. The minimum Gasteiger partial charge on any atom is -0.375 e. The quantitative estimate of drug-likeness (QED) is 0.561. The smallest absolute Gasteiger partial charge is 0.242 e. The molecule has 4 N–H and O–H groups in total. The monoisotopic (exact) mass is 259 g/mol. The van der Waals surface area contributed by atoms with Crippen LogP contribution in [0.2, 0.25) is 0 Å². The summed E-state index contributed by atoms with van der Waals surface area (Å²) < 4.78 is 0. The second-order valence-electron chi connectivity index (χ2n) is 3.85. The predicted molar refractivity (Wildman–Crippen MR) is 75.7 cm³/mol. The normalized spacial score (nSPS) is 10.0. The van der Waals surface area contributed by atoms with Crippen molar-refractivity contribution < 1.29 is 4.79 Å². The Morgan fingerprint density at radius 3 is 2.61 bits per heavy atom. The van der Waals surface area contributed by atoms with E-state index < -0.39 is 0 Å². The molecule has 0 unspecified atom stereocenters. The third kappa shape index (κ3) is 2.95. The summed E-state index contributed by atoms with van der Waals surface area (Å²) in [5.41, 5.74) is 11.1. The molecule has 4 nitrogen and oxygen atoms in total. The molecule has 0 saturated heterocycles. The Kier molecular flexibility index (Phi) is 3.74. The van der Waals surface area contributed by atoms with Crippen LogP contribution in [-0.2, 0) is 11.2 Å². The minimum atomic E-state index is -0.181. The Balaban J connectivity index is 2.16. The van der Waals surface area contributed by atoms with Gasteiger partial charge in [0, 0.05) is 0 Å². The summed E-state index contributed by atoms with van der Waals surface area (Å²) in [6, 6.07) is 13.8. The maximum Gasteiger partial charge on any atom is 0.242 e. The average Bonchev–Trinajstić information content (AvgIpc) is 2.37. The highest BCUT2D eigenvalue weighted by molar-refractivity contribution is 7.80. The van der Waals surface area contributed by atoms with Crippen LogP contribution in [0, 0.1) is 0 Å². The second-order valence-corrected chi connectivity index (χ2v) is 4.29. The van der Waals surface area contributed by atoms with Crippen LogP contribution in [0.5, 0.6) is 0 Å². The van der Waals surface area contributed by atoms with Gasteiger partial charge in [0.25, 0.3) is 0 Å². The highest BCUT2D eigenvalue weighted by atomic mass is 32.1. The number of rotatable bonds is 2. The van der Waals surface area contributed by atoms with E-state index in [1.165, 1.54) is 0 Å². The number of thiocarbonyl (C=S) groups is 1. The van der Waals surface area contributed by atoms with E-state index in [-0.39, 0.29) is 17.4 Å². The van der Waals surface area contributed by atoms with Crippen LogP contribution in [0.1, 0.15) is 5.56 Å². The zero-order valence-corrected chi connectivity index (χ0v) is 10.5. The summed E-state index contributed by atoms with van der Waals surface area (Å²) in [4.78, 5) is 11.7. The molecule has 18 heavy (non-hydrogen) atoms. The Bertz CT molecular complexity index is 592. The lowest BCUT2D eigenvalue weighted by atomic mass is 10.0. The van der Waals surface area contributed by atoms with Gasteiger partial charge in [-0.1, -0.05) is 42.5 Å². The molecule has 0 bridgehead atoms. The molecule has 2 aromatic rings. The maximum atomic E-state index is 11.7. The Morgan fingerprint density at radius 2 is 1.83 bits per heavy atom. The molecule has 0 atom stereocenters. The number of hydrazine groups is 1. The van der Waals surface area contributed by atoms with Gasteiger partial charge in [0.15, 0.2) is 5.11 Å². The number of benzene rings is 2. The first-order valence-corrected chi connectivity index (χ1v) is 5.88. The highest BCUT2D eigenvalue weighted by Gasteiger charge is 2.06. The van der Waals surface area contributed by atoms with E-state index in [0.29, 0.717) is 0 Å². The Morgan fingerprint density at radius 1 is 1.11 bits per heavy atom. The molecule has 1 amide bonds. The molecule has 0 saturated carbocycles. The summed E-state index contributed by atoms with van der Waals surface area (Å²) in [5.74, 6) is -0.181. The molecule has 0 heterocycles. The molecule has 0 aliphatic carbocycles. The topological polar surface area (TPSA) is 67.2 Å². The van der Waals surface area contributed by atoms with Crippen molar-refractivity contribution in [2.45, 2.75) is 6.42 Å². The van der Waals surface area contributed by atoms with Gasteiger partial charge in [-0.25, -0.2) is 0 Å². The molecule has 92 valence electrons. The fraction of sp³-hybridized carbons (Fsp3) is 0.0769. The Labute approximate surface area is 110 Å². The largest absolute Gasteiger partial charge is 0.375 e. The molecule has 0 radical (unpaired) electrons. The lowest BCUT2D eigenvalue weighted by molar-refractivity contribution is -0.120. The lowest BCUT2D eigenvalue weighted by Crippen LogP contribution is -2.44. The third-order valence-corrected chi connectivity index (χ3v) is 2.66. The maximum absolute atomic E-state index is 11.7. The van der Waals surface area contributed by atoms with E-state index in [2.05, 4.69) is 23.1 Å². The van der Waals surface area contributed by atoms with Crippen LogP contribution in [0.15, 0.2) is 42.5 Å². The molecule has 0 aromatic heterocycles. The molecule has 0 aliphatic rings.